The molecule has 3 heterocycles. The fourth-order valence-electron chi connectivity index (χ4n) is 3.06. The van der Waals surface area contributed by atoms with Crippen molar-refractivity contribution in [3.05, 3.63) is 0 Å². The fraction of sp³-hybridized carbons (Fsp3) is 0.769. The van der Waals surface area contributed by atoms with Gasteiger partial charge in [0.05, 0.1) is 0 Å². The molecule has 4 amide bonds. The normalized spacial score (nSPS) is 30.0. The minimum atomic E-state index is -0.851. The third-order valence-electron chi connectivity index (χ3n) is 4.29. The summed E-state index contributed by atoms with van der Waals surface area (Å²) >= 11 is 0. The number of ether oxygens (including phenoxy) is 1. The first-order valence-electron chi connectivity index (χ1n) is 7.33. The van der Waals surface area contributed by atoms with Gasteiger partial charge in [-0.1, -0.05) is 0 Å². The zero-order valence-corrected chi connectivity index (χ0v) is 11.8. The van der Waals surface area contributed by atoms with E-state index >= 15 is 0 Å². The highest BCUT2D eigenvalue weighted by Crippen LogP contribution is 2.23. The number of carbonyl (C=O) groups excluding carboxylic acids is 3. The van der Waals surface area contributed by atoms with Gasteiger partial charge < -0.3 is 20.7 Å². The van der Waals surface area contributed by atoms with Crippen molar-refractivity contribution in [3.8, 4) is 0 Å². The highest BCUT2D eigenvalue weighted by molar-refractivity contribution is 6.09. The molecular weight excluding hydrogens is 276 g/mol. The van der Waals surface area contributed by atoms with Crippen molar-refractivity contribution in [2.75, 3.05) is 32.8 Å². The van der Waals surface area contributed by atoms with Gasteiger partial charge in [-0.25, -0.2) is 4.79 Å². The van der Waals surface area contributed by atoms with Crippen molar-refractivity contribution < 1.29 is 19.1 Å². The van der Waals surface area contributed by atoms with Gasteiger partial charge in [0.2, 0.25) is 5.91 Å². The molecule has 21 heavy (non-hydrogen) atoms. The maximum Gasteiger partial charge on any atom is 0.325 e. The number of nitrogens with zero attached hydrogens (tertiary/aromatic N) is 1. The molecule has 8 nitrogen and oxygen atoms in total. The van der Waals surface area contributed by atoms with Crippen LogP contribution in [0.5, 0.6) is 0 Å². The Hall–Kier alpha value is -1.67. The molecule has 3 rings (SSSR count). The van der Waals surface area contributed by atoms with Crippen LogP contribution in [0.15, 0.2) is 0 Å². The van der Waals surface area contributed by atoms with Crippen molar-refractivity contribution in [3.63, 3.8) is 0 Å². The lowest BCUT2D eigenvalue weighted by Crippen LogP contribution is -2.49. The maximum absolute atomic E-state index is 12.4. The summed E-state index contributed by atoms with van der Waals surface area (Å²) in [5.41, 5.74) is -0.851. The highest BCUT2D eigenvalue weighted by atomic mass is 16.5. The maximum atomic E-state index is 12.4. The summed E-state index contributed by atoms with van der Waals surface area (Å²) in [7, 11) is 0. The molecule has 3 aliphatic heterocycles. The third-order valence-corrected chi connectivity index (χ3v) is 4.29. The molecule has 1 atom stereocenters. The first kappa shape index (κ1) is 14.3. The zero-order valence-electron chi connectivity index (χ0n) is 11.8. The van der Waals surface area contributed by atoms with E-state index in [1.165, 1.54) is 0 Å². The highest BCUT2D eigenvalue weighted by Gasteiger charge is 2.52. The van der Waals surface area contributed by atoms with Crippen LogP contribution in [0.25, 0.3) is 0 Å². The number of nitrogens with one attached hydrogen (secondary N) is 3. The summed E-state index contributed by atoms with van der Waals surface area (Å²) in [5, 5.41) is 8.64. The second kappa shape index (κ2) is 5.61. The van der Waals surface area contributed by atoms with Crippen molar-refractivity contribution in [1.29, 1.82) is 0 Å². The van der Waals surface area contributed by atoms with Crippen molar-refractivity contribution >= 4 is 17.8 Å². The van der Waals surface area contributed by atoms with Crippen LogP contribution in [0.2, 0.25) is 0 Å². The van der Waals surface area contributed by atoms with E-state index in [0.29, 0.717) is 32.7 Å². The second-order valence-corrected chi connectivity index (χ2v) is 5.78. The fourth-order valence-corrected chi connectivity index (χ4v) is 3.06. The molecule has 3 fully saturated rings. The first-order valence-corrected chi connectivity index (χ1v) is 7.33. The standard InChI is InChI=1S/C13H20N4O4/c18-10(15-9-1-5-21-6-2-9)7-17-11(19)13(16-12(17)20)3-4-14-8-13/h9,14H,1-8H2,(H,15,18)(H,16,20). The van der Waals surface area contributed by atoms with Crippen LogP contribution >= 0.6 is 0 Å². The number of imide groups is 1. The van der Waals surface area contributed by atoms with Crippen LogP contribution in [0.3, 0.4) is 0 Å². The van der Waals surface area contributed by atoms with Crippen LogP contribution in [0.1, 0.15) is 19.3 Å². The molecule has 0 saturated carbocycles. The summed E-state index contributed by atoms with van der Waals surface area (Å²) < 4.78 is 5.23. The second-order valence-electron chi connectivity index (χ2n) is 5.78. The van der Waals surface area contributed by atoms with E-state index in [9.17, 15) is 14.4 Å². The summed E-state index contributed by atoms with van der Waals surface area (Å²) in [6.45, 7) is 2.15. The van der Waals surface area contributed by atoms with Gasteiger partial charge in [0.15, 0.2) is 0 Å². The van der Waals surface area contributed by atoms with Crippen molar-refractivity contribution in [2.45, 2.75) is 30.8 Å². The van der Waals surface area contributed by atoms with E-state index in [2.05, 4.69) is 16.0 Å². The topological polar surface area (TPSA) is 99.8 Å². The molecule has 0 bridgehead atoms. The number of hydrogen-bond donors (Lipinski definition) is 3. The van der Waals surface area contributed by atoms with E-state index in [4.69, 9.17) is 4.74 Å². The lowest BCUT2D eigenvalue weighted by atomic mass is 9.99. The van der Waals surface area contributed by atoms with Gasteiger partial charge in [0.25, 0.3) is 5.91 Å². The smallest absolute Gasteiger partial charge is 0.325 e. The molecule has 116 valence electrons. The Labute approximate surface area is 122 Å². The van der Waals surface area contributed by atoms with Crippen LogP contribution in [-0.2, 0) is 14.3 Å². The molecule has 3 aliphatic rings. The Balaban J connectivity index is 1.58. The predicted octanol–water partition coefficient (Wildman–Crippen LogP) is -1.43. The van der Waals surface area contributed by atoms with E-state index in [1.54, 1.807) is 0 Å². The molecule has 1 spiro atoms. The van der Waals surface area contributed by atoms with Gasteiger partial charge in [-0.2, -0.15) is 0 Å². The van der Waals surface area contributed by atoms with Gasteiger partial charge in [0.1, 0.15) is 12.1 Å². The minimum Gasteiger partial charge on any atom is -0.381 e. The molecule has 0 radical (unpaired) electrons. The quantitative estimate of drug-likeness (QED) is 0.554. The number of urea groups is 1. The van der Waals surface area contributed by atoms with Crippen LogP contribution < -0.4 is 16.0 Å². The van der Waals surface area contributed by atoms with E-state index in [0.717, 1.165) is 17.7 Å². The molecule has 0 aromatic carbocycles. The van der Waals surface area contributed by atoms with Gasteiger partial charge in [-0.15, -0.1) is 0 Å². The molecule has 1 unspecified atom stereocenters. The van der Waals surface area contributed by atoms with Gasteiger partial charge in [-0.3, -0.25) is 14.5 Å². The molecule has 8 heteroatoms. The van der Waals surface area contributed by atoms with Crippen molar-refractivity contribution in [2.24, 2.45) is 0 Å². The van der Waals surface area contributed by atoms with Gasteiger partial charge >= 0.3 is 6.03 Å². The third kappa shape index (κ3) is 2.73. The predicted molar refractivity (Wildman–Crippen MR) is 72.4 cm³/mol. The molecule has 3 saturated heterocycles. The Morgan fingerprint density at radius 1 is 1.38 bits per heavy atom. The average molecular weight is 296 g/mol. The summed E-state index contributed by atoms with van der Waals surface area (Å²) in [6, 6.07) is -0.417. The first-order chi connectivity index (χ1) is 10.1. The number of hydrogen-bond acceptors (Lipinski definition) is 5. The lowest BCUT2D eigenvalue weighted by Gasteiger charge is -2.24. The minimum absolute atomic E-state index is 0.0640. The Kier molecular flexibility index (Phi) is 3.81. The van der Waals surface area contributed by atoms with E-state index in [1.807, 2.05) is 0 Å². The van der Waals surface area contributed by atoms with E-state index < -0.39 is 11.6 Å². The molecule has 3 N–H and O–H groups in total. The number of carbonyl (C=O) groups is 3. The zero-order chi connectivity index (χ0) is 14.9. The molecule has 0 aliphatic carbocycles. The SMILES string of the molecule is O=C(CN1C(=O)NC2(CCNC2)C1=O)NC1CCOCC1. The van der Waals surface area contributed by atoms with Crippen LogP contribution in [-0.4, -0.2) is 67.2 Å². The summed E-state index contributed by atoms with van der Waals surface area (Å²) in [6.07, 6.45) is 2.09. The monoisotopic (exact) mass is 296 g/mol. The van der Waals surface area contributed by atoms with Crippen LogP contribution in [0.4, 0.5) is 4.79 Å². The van der Waals surface area contributed by atoms with Gasteiger partial charge in [-0.05, 0) is 25.8 Å². The molecule has 0 aromatic rings. The van der Waals surface area contributed by atoms with Gasteiger partial charge in [0, 0.05) is 25.8 Å². The Bertz CT molecular complexity index is 455. The molecule has 0 aromatic heterocycles. The van der Waals surface area contributed by atoms with Crippen LogP contribution in [0, 0.1) is 0 Å². The Morgan fingerprint density at radius 2 is 2.14 bits per heavy atom. The Morgan fingerprint density at radius 3 is 2.81 bits per heavy atom. The van der Waals surface area contributed by atoms with Crippen molar-refractivity contribution in [1.82, 2.24) is 20.9 Å². The number of rotatable bonds is 3. The number of amides is 4. The average Bonchev–Trinajstić information content (AvgIpc) is 3.02. The summed E-state index contributed by atoms with van der Waals surface area (Å²) in [5.74, 6) is -0.604. The molecular formula is C13H20N4O4. The lowest BCUT2D eigenvalue weighted by molar-refractivity contribution is -0.134. The largest absolute Gasteiger partial charge is 0.381 e. The summed E-state index contributed by atoms with van der Waals surface area (Å²) in [4.78, 5) is 37.3. The van der Waals surface area contributed by atoms with E-state index in [-0.39, 0.29) is 24.4 Å².